The zero-order valence-electron chi connectivity index (χ0n) is 17.7. The van der Waals surface area contributed by atoms with Crippen molar-refractivity contribution in [2.24, 2.45) is 0 Å². The van der Waals surface area contributed by atoms with E-state index < -0.39 is 11.4 Å². The Labute approximate surface area is 181 Å². The van der Waals surface area contributed by atoms with Gasteiger partial charge in [-0.05, 0) is 77.6 Å². The summed E-state index contributed by atoms with van der Waals surface area (Å²) in [7, 11) is 0. The number of benzene rings is 3. The van der Waals surface area contributed by atoms with Crippen molar-refractivity contribution in [1.82, 2.24) is 0 Å². The first kappa shape index (κ1) is 20.9. The van der Waals surface area contributed by atoms with Gasteiger partial charge in [0.05, 0.1) is 25.0 Å². The van der Waals surface area contributed by atoms with E-state index in [2.05, 4.69) is 12.1 Å². The van der Waals surface area contributed by atoms with E-state index in [9.17, 15) is 15.0 Å². The molecule has 1 aliphatic heterocycles. The molecule has 0 aliphatic carbocycles. The highest BCUT2D eigenvalue weighted by molar-refractivity contribution is 5.72. The third kappa shape index (κ3) is 4.42. The fourth-order valence-electron chi connectivity index (χ4n) is 4.29. The van der Waals surface area contributed by atoms with Gasteiger partial charge >= 0.3 is 5.97 Å². The van der Waals surface area contributed by atoms with Gasteiger partial charge in [0.2, 0.25) is 0 Å². The Morgan fingerprint density at radius 3 is 2.29 bits per heavy atom. The summed E-state index contributed by atoms with van der Waals surface area (Å²) in [4.78, 5) is 11.2. The molecule has 1 aliphatic rings. The van der Waals surface area contributed by atoms with E-state index in [4.69, 9.17) is 9.47 Å². The lowest BCUT2D eigenvalue weighted by molar-refractivity contribution is -0.145. The molecule has 160 valence electrons. The van der Waals surface area contributed by atoms with Gasteiger partial charge < -0.3 is 19.7 Å². The van der Waals surface area contributed by atoms with Crippen molar-refractivity contribution < 1.29 is 24.5 Å². The quantitative estimate of drug-likeness (QED) is 0.565. The van der Waals surface area contributed by atoms with Gasteiger partial charge in [-0.1, -0.05) is 30.3 Å². The van der Waals surface area contributed by atoms with Crippen molar-refractivity contribution >= 4 is 5.97 Å². The van der Waals surface area contributed by atoms with E-state index in [-0.39, 0.29) is 12.2 Å². The number of carboxylic acids is 1. The standard InChI is InChI=1S/C26H26O5/c1-17-10-22(27)11-18(2)25(17)20-5-3-4-19(12-20)14-31-23-8-6-21(7-9-23)26(13-24(28)29)15-30-16-26/h3-12,27H,13-16H2,1-2H3,(H,28,29). The largest absolute Gasteiger partial charge is 0.508 e. The number of hydrogen-bond donors (Lipinski definition) is 2. The van der Waals surface area contributed by atoms with Crippen LogP contribution in [0.4, 0.5) is 0 Å². The molecule has 0 bridgehead atoms. The molecule has 0 saturated carbocycles. The Morgan fingerprint density at radius 2 is 1.71 bits per heavy atom. The number of aromatic hydroxyl groups is 1. The van der Waals surface area contributed by atoms with Crippen LogP contribution in [-0.4, -0.2) is 29.4 Å². The average molecular weight is 418 g/mol. The number of carbonyl (C=O) groups is 1. The maximum atomic E-state index is 11.2. The molecular formula is C26H26O5. The van der Waals surface area contributed by atoms with Gasteiger partial charge in [0, 0.05) is 0 Å². The van der Waals surface area contributed by atoms with E-state index in [1.54, 1.807) is 12.1 Å². The molecule has 1 fully saturated rings. The lowest BCUT2D eigenvalue weighted by atomic mass is 9.76. The van der Waals surface area contributed by atoms with Crippen LogP contribution in [0.1, 0.15) is 28.7 Å². The predicted octanol–water partition coefficient (Wildman–Crippen LogP) is 5.00. The monoisotopic (exact) mass is 418 g/mol. The number of aliphatic carboxylic acids is 1. The molecule has 0 atom stereocenters. The van der Waals surface area contributed by atoms with Gasteiger partial charge in [-0.25, -0.2) is 0 Å². The second-order valence-corrected chi connectivity index (χ2v) is 8.31. The van der Waals surface area contributed by atoms with Crippen LogP contribution in [0.15, 0.2) is 60.7 Å². The first-order valence-electron chi connectivity index (χ1n) is 10.3. The van der Waals surface area contributed by atoms with E-state index >= 15 is 0 Å². The molecule has 0 unspecified atom stereocenters. The Morgan fingerprint density at radius 1 is 1.03 bits per heavy atom. The molecular weight excluding hydrogens is 392 g/mol. The zero-order valence-corrected chi connectivity index (χ0v) is 17.7. The lowest BCUT2D eigenvalue weighted by Gasteiger charge is -2.40. The summed E-state index contributed by atoms with van der Waals surface area (Å²) in [6, 6.07) is 19.4. The predicted molar refractivity (Wildman–Crippen MR) is 119 cm³/mol. The maximum Gasteiger partial charge on any atom is 0.304 e. The summed E-state index contributed by atoms with van der Waals surface area (Å²) in [5.74, 6) is 0.194. The van der Waals surface area contributed by atoms with Crippen LogP contribution in [0.5, 0.6) is 11.5 Å². The molecule has 2 N–H and O–H groups in total. The number of hydrogen-bond acceptors (Lipinski definition) is 4. The van der Waals surface area contributed by atoms with Gasteiger partial charge in [-0.15, -0.1) is 0 Å². The Kier molecular flexibility index (Phi) is 5.70. The Balaban J connectivity index is 1.47. The number of ether oxygens (including phenoxy) is 2. The van der Waals surface area contributed by atoms with Crippen molar-refractivity contribution in [1.29, 1.82) is 0 Å². The fraction of sp³-hybridized carbons (Fsp3) is 0.269. The highest BCUT2D eigenvalue weighted by Crippen LogP contribution is 2.36. The molecule has 5 heteroatoms. The van der Waals surface area contributed by atoms with E-state index in [1.807, 2.05) is 50.2 Å². The van der Waals surface area contributed by atoms with Crippen LogP contribution < -0.4 is 4.74 Å². The fourth-order valence-corrected chi connectivity index (χ4v) is 4.29. The van der Waals surface area contributed by atoms with Crippen LogP contribution in [0, 0.1) is 13.8 Å². The van der Waals surface area contributed by atoms with Crippen molar-refractivity contribution in [2.75, 3.05) is 13.2 Å². The van der Waals surface area contributed by atoms with Crippen molar-refractivity contribution in [3.05, 3.63) is 82.9 Å². The van der Waals surface area contributed by atoms with E-state index in [1.165, 1.54) is 0 Å². The molecule has 0 aromatic heterocycles. The smallest absolute Gasteiger partial charge is 0.304 e. The molecule has 0 radical (unpaired) electrons. The summed E-state index contributed by atoms with van der Waals surface area (Å²) in [5, 5.41) is 19.0. The number of rotatable bonds is 7. The SMILES string of the molecule is Cc1cc(O)cc(C)c1-c1cccc(COc2ccc(C3(CC(=O)O)COC3)cc2)c1. The molecule has 31 heavy (non-hydrogen) atoms. The summed E-state index contributed by atoms with van der Waals surface area (Å²) >= 11 is 0. The number of phenolic OH excluding ortho intramolecular Hbond substituents is 1. The number of phenols is 1. The Bertz CT molecular complexity index is 1070. The normalized spacial score (nSPS) is 14.6. The summed E-state index contributed by atoms with van der Waals surface area (Å²) in [6.07, 6.45) is 0.0656. The summed E-state index contributed by atoms with van der Waals surface area (Å²) < 4.78 is 11.3. The third-order valence-electron chi connectivity index (χ3n) is 5.85. The molecule has 3 aromatic rings. The zero-order chi connectivity index (χ0) is 22.0. The molecule has 0 spiro atoms. The van der Waals surface area contributed by atoms with Gasteiger partial charge in [-0.3, -0.25) is 4.79 Å². The lowest BCUT2D eigenvalue weighted by Crippen LogP contribution is -2.48. The van der Waals surface area contributed by atoms with Crippen LogP contribution in [0.2, 0.25) is 0 Å². The van der Waals surface area contributed by atoms with Crippen molar-refractivity contribution in [3.63, 3.8) is 0 Å². The van der Waals surface area contributed by atoms with Gasteiger partial charge in [-0.2, -0.15) is 0 Å². The third-order valence-corrected chi connectivity index (χ3v) is 5.85. The van der Waals surface area contributed by atoms with Gasteiger partial charge in [0.1, 0.15) is 18.1 Å². The van der Waals surface area contributed by atoms with Crippen LogP contribution in [0.3, 0.4) is 0 Å². The molecule has 0 amide bonds. The van der Waals surface area contributed by atoms with Crippen LogP contribution >= 0.6 is 0 Å². The molecule has 1 saturated heterocycles. The summed E-state index contributed by atoms with van der Waals surface area (Å²) in [5.41, 5.74) is 5.85. The van der Waals surface area contributed by atoms with Crippen LogP contribution in [0.25, 0.3) is 11.1 Å². The van der Waals surface area contributed by atoms with E-state index in [0.29, 0.717) is 19.8 Å². The number of carboxylic acid groups (broad SMARTS) is 1. The highest BCUT2D eigenvalue weighted by Gasteiger charge is 2.42. The summed E-state index contributed by atoms with van der Waals surface area (Å²) in [6.45, 7) is 5.28. The minimum atomic E-state index is -0.817. The first-order chi connectivity index (χ1) is 14.9. The first-order valence-corrected chi connectivity index (χ1v) is 10.3. The maximum absolute atomic E-state index is 11.2. The van der Waals surface area contributed by atoms with Crippen molar-refractivity contribution in [2.45, 2.75) is 32.3 Å². The van der Waals surface area contributed by atoms with Gasteiger partial charge in [0.15, 0.2) is 0 Å². The topological polar surface area (TPSA) is 76.0 Å². The molecule has 4 rings (SSSR count). The Hall–Kier alpha value is -3.31. The molecule has 1 heterocycles. The minimum absolute atomic E-state index is 0.0656. The van der Waals surface area contributed by atoms with Gasteiger partial charge in [0.25, 0.3) is 0 Å². The minimum Gasteiger partial charge on any atom is -0.508 e. The highest BCUT2D eigenvalue weighted by atomic mass is 16.5. The molecule has 3 aromatic carbocycles. The van der Waals surface area contributed by atoms with Crippen LogP contribution in [-0.2, 0) is 21.6 Å². The molecule has 5 nitrogen and oxygen atoms in total. The second kappa shape index (κ2) is 8.44. The number of aryl methyl sites for hydroxylation is 2. The van der Waals surface area contributed by atoms with Crippen molar-refractivity contribution in [3.8, 4) is 22.6 Å². The van der Waals surface area contributed by atoms with E-state index in [0.717, 1.165) is 39.1 Å². The average Bonchev–Trinajstić information content (AvgIpc) is 2.69. The second-order valence-electron chi connectivity index (χ2n) is 8.31.